The van der Waals surface area contributed by atoms with Crippen molar-refractivity contribution in [1.29, 1.82) is 0 Å². The largest absolute Gasteiger partial charge is 0.497 e. The first-order valence-corrected chi connectivity index (χ1v) is 16.9. The molecule has 1 aromatic heterocycles. The summed E-state index contributed by atoms with van der Waals surface area (Å²) in [5, 5.41) is 4.69. The summed E-state index contributed by atoms with van der Waals surface area (Å²) in [7, 11) is 4.99. The van der Waals surface area contributed by atoms with E-state index in [-0.39, 0.29) is 36.3 Å². The number of ether oxygens (including phenoxy) is 4. The second-order valence-corrected chi connectivity index (χ2v) is 12.9. The summed E-state index contributed by atoms with van der Waals surface area (Å²) < 4.78 is 24.3. The summed E-state index contributed by atoms with van der Waals surface area (Å²) in [4.78, 5) is 31.4. The van der Waals surface area contributed by atoms with Crippen LogP contribution in [0.4, 0.5) is 11.4 Å². The van der Waals surface area contributed by atoms with Crippen LogP contribution < -0.4 is 29.3 Å². The minimum Gasteiger partial charge on any atom is -0.497 e. The zero-order chi connectivity index (χ0) is 33.2. The molecule has 2 fully saturated rings. The zero-order valence-electron chi connectivity index (χ0n) is 27.9. The molecule has 2 atom stereocenters. The lowest BCUT2D eigenvalue weighted by Gasteiger charge is -2.37. The van der Waals surface area contributed by atoms with Crippen molar-refractivity contribution in [3.05, 3.63) is 78.0 Å². The van der Waals surface area contributed by atoms with Gasteiger partial charge in [-0.1, -0.05) is 12.1 Å². The van der Waals surface area contributed by atoms with Gasteiger partial charge < -0.3 is 38.6 Å². The maximum Gasteiger partial charge on any atom is 0.265 e. The molecule has 1 saturated heterocycles. The Morgan fingerprint density at radius 3 is 2.56 bits per heavy atom. The number of benzene rings is 3. The highest BCUT2D eigenvalue weighted by molar-refractivity contribution is 6.01. The molecule has 2 aliphatic heterocycles. The Morgan fingerprint density at radius 1 is 1.00 bits per heavy atom. The molecule has 48 heavy (non-hydrogen) atoms. The van der Waals surface area contributed by atoms with E-state index < -0.39 is 0 Å². The van der Waals surface area contributed by atoms with Crippen LogP contribution in [0.25, 0.3) is 10.9 Å². The second kappa shape index (κ2) is 13.9. The molecule has 0 unspecified atom stereocenters. The van der Waals surface area contributed by atoms with Crippen molar-refractivity contribution in [2.75, 3.05) is 64.0 Å². The lowest BCUT2D eigenvalue weighted by atomic mass is 9.79. The van der Waals surface area contributed by atoms with Crippen LogP contribution in [0.3, 0.4) is 0 Å². The predicted octanol–water partition coefficient (Wildman–Crippen LogP) is 5.36. The van der Waals surface area contributed by atoms with Gasteiger partial charge in [0.2, 0.25) is 5.91 Å². The van der Waals surface area contributed by atoms with Crippen LogP contribution >= 0.6 is 0 Å². The SMILES string of the molecule is COCCCN1C(=O)COc2ccc(N(C(=O)[C@H]3CNCC[C@@H]3c3cccc4c3ccn4Cc3cc(OC)cc(OC)c3)C3CC3)cc21. The summed E-state index contributed by atoms with van der Waals surface area (Å²) in [6.07, 6.45) is 5.64. The van der Waals surface area contributed by atoms with Crippen LogP contribution in [0, 0.1) is 5.92 Å². The summed E-state index contributed by atoms with van der Waals surface area (Å²) >= 11 is 0. The monoisotopic (exact) mass is 652 g/mol. The van der Waals surface area contributed by atoms with Gasteiger partial charge in [0.25, 0.3) is 5.91 Å². The highest BCUT2D eigenvalue weighted by Crippen LogP contribution is 2.43. The summed E-state index contributed by atoms with van der Waals surface area (Å²) in [6.45, 7) is 3.25. The van der Waals surface area contributed by atoms with E-state index in [0.29, 0.717) is 38.4 Å². The van der Waals surface area contributed by atoms with Crippen molar-refractivity contribution in [1.82, 2.24) is 9.88 Å². The number of hydrogen-bond acceptors (Lipinski definition) is 7. The first-order chi connectivity index (χ1) is 23.5. The Balaban J connectivity index is 1.18. The van der Waals surface area contributed by atoms with Crippen molar-refractivity contribution in [3.8, 4) is 17.2 Å². The van der Waals surface area contributed by atoms with Crippen LogP contribution in [0.2, 0.25) is 0 Å². The van der Waals surface area contributed by atoms with E-state index in [1.807, 2.05) is 41.3 Å². The van der Waals surface area contributed by atoms with Crippen molar-refractivity contribution in [2.45, 2.75) is 44.2 Å². The van der Waals surface area contributed by atoms with Gasteiger partial charge in [-0.3, -0.25) is 9.59 Å². The fraction of sp³-hybridized carbons (Fsp3) is 0.421. The van der Waals surface area contributed by atoms with Gasteiger partial charge in [0.15, 0.2) is 6.61 Å². The van der Waals surface area contributed by atoms with Gasteiger partial charge in [-0.15, -0.1) is 0 Å². The first-order valence-electron chi connectivity index (χ1n) is 16.9. The zero-order valence-corrected chi connectivity index (χ0v) is 27.9. The lowest BCUT2D eigenvalue weighted by molar-refractivity contribution is -0.123. The molecule has 2 amide bonds. The molecule has 3 aromatic carbocycles. The lowest BCUT2D eigenvalue weighted by Crippen LogP contribution is -2.47. The minimum atomic E-state index is -0.234. The first kappa shape index (κ1) is 32.0. The molecule has 0 radical (unpaired) electrons. The van der Waals surface area contributed by atoms with Gasteiger partial charge >= 0.3 is 0 Å². The van der Waals surface area contributed by atoms with Gasteiger partial charge in [-0.25, -0.2) is 0 Å². The number of carbonyl (C=O) groups excluding carboxylic acids is 2. The Kier molecular flexibility index (Phi) is 9.28. The van der Waals surface area contributed by atoms with Crippen LogP contribution in [0.1, 0.15) is 42.7 Å². The van der Waals surface area contributed by atoms with Crippen LogP contribution in [0.15, 0.2) is 66.9 Å². The van der Waals surface area contributed by atoms with E-state index in [1.165, 1.54) is 10.9 Å². The average molecular weight is 653 g/mol. The molecule has 10 nitrogen and oxygen atoms in total. The molecule has 1 N–H and O–H groups in total. The number of piperidine rings is 1. The highest BCUT2D eigenvalue weighted by atomic mass is 16.5. The molecular formula is C38H44N4O6. The van der Waals surface area contributed by atoms with E-state index in [1.54, 1.807) is 26.2 Å². The number of rotatable bonds is 12. The van der Waals surface area contributed by atoms with Crippen molar-refractivity contribution in [2.24, 2.45) is 5.92 Å². The second-order valence-electron chi connectivity index (χ2n) is 12.9. The molecule has 1 saturated carbocycles. The van der Waals surface area contributed by atoms with Crippen LogP contribution in [0.5, 0.6) is 17.2 Å². The number of nitrogens with one attached hydrogen (secondary N) is 1. The molecule has 7 rings (SSSR count). The van der Waals surface area contributed by atoms with Crippen LogP contribution in [-0.4, -0.2) is 76.6 Å². The van der Waals surface area contributed by atoms with Gasteiger partial charge in [0, 0.05) is 68.2 Å². The Morgan fingerprint density at radius 2 is 1.81 bits per heavy atom. The third kappa shape index (κ3) is 6.34. The minimum absolute atomic E-state index is 0.0149. The molecule has 1 aliphatic carbocycles. The number of carbonyl (C=O) groups is 2. The number of aromatic nitrogens is 1. The predicted molar refractivity (Wildman–Crippen MR) is 186 cm³/mol. The number of anilines is 2. The van der Waals surface area contributed by atoms with E-state index in [9.17, 15) is 9.59 Å². The fourth-order valence-electron chi connectivity index (χ4n) is 7.33. The number of amides is 2. The molecule has 252 valence electrons. The number of nitrogens with zero attached hydrogens (tertiary/aromatic N) is 3. The quantitative estimate of drug-likeness (QED) is 0.206. The molecule has 0 bridgehead atoms. The maximum absolute atomic E-state index is 14.7. The highest BCUT2D eigenvalue weighted by Gasteiger charge is 2.42. The normalized spacial score (nSPS) is 19.1. The van der Waals surface area contributed by atoms with E-state index in [2.05, 4.69) is 40.3 Å². The topological polar surface area (TPSA) is 94.5 Å². The molecule has 0 spiro atoms. The van der Waals surface area contributed by atoms with E-state index in [4.69, 9.17) is 18.9 Å². The Hall–Kier alpha value is -4.54. The third-order valence-electron chi connectivity index (χ3n) is 9.85. The molecule has 3 aliphatic rings. The number of hydrogen-bond donors (Lipinski definition) is 1. The molecular weight excluding hydrogens is 608 g/mol. The fourth-order valence-corrected chi connectivity index (χ4v) is 7.33. The van der Waals surface area contributed by atoms with Crippen molar-refractivity contribution in [3.63, 3.8) is 0 Å². The van der Waals surface area contributed by atoms with E-state index >= 15 is 0 Å². The molecule has 4 aromatic rings. The van der Waals surface area contributed by atoms with Gasteiger partial charge in [-0.05, 0) is 91.7 Å². The number of methoxy groups -OCH3 is 3. The van der Waals surface area contributed by atoms with Gasteiger partial charge in [0.05, 0.1) is 25.8 Å². The molecule has 10 heteroatoms. The summed E-state index contributed by atoms with van der Waals surface area (Å²) in [5.41, 5.74) is 4.96. The summed E-state index contributed by atoms with van der Waals surface area (Å²) in [6, 6.07) is 20.6. The summed E-state index contributed by atoms with van der Waals surface area (Å²) in [5.74, 6) is 2.06. The molecule has 3 heterocycles. The maximum atomic E-state index is 14.7. The van der Waals surface area contributed by atoms with Gasteiger partial charge in [-0.2, -0.15) is 0 Å². The van der Waals surface area contributed by atoms with Crippen molar-refractivity contribution >= 4 is 34.1 Å². The van der Waals surface area contributed by atoms with Crippen LogP contribution in [-0.2, 0) is 20.9 Å². The Labute approximate surface area is 281 Å². The smallest absolute Gasteiger partial charge is 0.265 e. The number of fused-ring (bicyclic) bond motifs is 2. The van der Waals surface area contributed by atoms with Gasteiger partial charge in [0.1, 0.15) is 17.2 Å². The van der Waals surface area contributed by atoms with Crippen molar-refractivity contribution < 1.29 is 28.5 Å². The van der Waals surface area contributed by atoms with E-state index in [0.717, 1.165) is 59.8 Å². The average Bonchev–Trinajstić information content (AvgIpc) is 3.87. The standard InChI is InChI=1S/C38H44N4O6/c1-45-17-5-15-41-35-20-27(10-11-36(35)48-24-37(41)43)42(26-8-9-26)38(44)33-22-39-14-12-31(33)30-6-4-7-34-32(30)13-16-40(34)23-25-18-28(46-2)21-29(19-25)47-3/h4,6-7,10-11,13,16,18-21,26,31,33,39H,5,8-9,12,14-15,17,22-24H2,1-3H3/t31-,33+/m1/s1. The Bertz CT molecular complexity index is 1780. The third-order valence-corrected chi connectivity index (χ3v) is 9.85.